The smallest absolute Gasteiger partial charge is 0.318 e. The van der Waals surface area contributed by atoms with Gasteiger partial charge in [-0.25, -0.2) is 11.0 Å². The SMILES string of the molecule is [C-]#[N+]C[C@H]1CN(c2nc(OC[C@H]3C[C@@H](F)CN3C)nc3c2CCN(c2cccc4cccc(C)c24)C3)CCN1C(=O)/C=C/COC(c1ccccc1)(c1ccccc1)c1ccccc1. The molecule has 0 spiro atoms. The number of halogens is 1. The molecule has 9 rings (SSSR count). The molecule has 1 aromatic heterocycles. The Morgan fingerprint density at radius 2 is 1.50 bits per heavy atom. The zero-order valence-electron chi connectivity index (χ0n) is 36.5. The molecule has 64 heavy (non-hydrogen) atoms. The van der Waals surface area contributed by atoms with Crippen LogP contribution in [0.15, 0.2) is 140 Å². The quantitative estimate of drug-likeness (QED) is 0.0652. The van der Waals surface area contributed by atoms with Crippen molar-refractivity contribution in [1.82, 2.24) is 19.8 Å². The number of hydrogen-bond acceptors (Lipinski definition) is 8. The molecule has 2 fully saturated rings. The van der Waals surface area contributed by atoms with E-state index in [9.17, 15) is 9.18 Å². The Hall–Kier alpha value is -6.61. The number of ether oxygens (including phenoxy) is 2. The number of nitrogens with zero attached hydrogens (tertiary/aromatic N) is 7. The van der Waals surface area contributed by atoms with Crippen LogP contribution in [-0.4, -0.2) is 103 Å². The number of alkyl halides is 1. The van der Waals surface area contributed by atoms with Crippen LogP contribution >= 0.6 is 0 Å². The number of amides is 1. The first kappa shape index (κ1) is 42.7. The number of aromatic nitrogens is 2. The lowest BCUT2D eigenvalue weighted by molar-refractivity contribution is -0.128. The van der Waals surface area contributed by atoms with Crippen molar-refractivity contribution in [2.45, 2.75) is 50.2 Å². The third kappa shape index (κ3) is 8.68. The first-order valence-corrected chi connectivity index (χ1v) is 22.3. The largest absolute Gasteiger partial charge is 0.462 e. The molecule has 10 nitrogen and oxygen atoms in total. The second-order valence-corrected chi connectivity index (χ2v) is 17.1. The van der Waals surface area contributed by atoms with Crippen LogP contribution in [0.5, 0.6) is 6.01 Å². The molecule has 5 aromatic carbocycles. The number of carbonyl (C=O) groups is 1. The molecule has 3 aliphatic heterocycles. The number of likely N-dealkylation sites (tertiary alicyclic amines) is 1. The van der Waals surface area contributed by atoms with Gasteiger partial charge < -0.3 is 29.0 Å². The van der Waals surface area contributed by atoms with Gasteiger partial charge in [-0.3, -0.25) is 9.69 Å². The Morgan fingerprint density at radius 1 is 0.828 bits per heavy atom. The van der Waals surface area contributed by atoms with Crippen molar-refractivity contribution in [3.8, 4) is 6.01 Å². The maximum atomic E-state index is 14.3. The molecule has 2 saturated heterocycles. The van der Waals surface area contributed by atoms with Gasteiger partial charge in [0.05, 0.1) is 18.8 Å². The lowest BCUT2D eigenvalue weighted by Crippen LogP contribution is -2.56. The summed E-state index contributed by atoms with van der Waals surface area (Å²) in [4.78, 5) is 36.3. The van der Waals surface area contributed by atoms with Gasteiger partial charge in [-0.1, -0.05) is 127 Å². The minimum atomic E-state index is -0.914. The van der Waals surface area contributed by atoms with E-state index >= 15 is 0 Å². The molecule has 0 N–H and O–H groups in total. The molecule has 11 heteroatoms. The molecule has 6 aromatic rings. The molecule has 0 aliphatic carbocycles. The van der Waals surface area contributed by atoms with E-state index in [1.807, 2.05) is 71.4 Å². The van der Waals surface area contributed by atoms with Gasteiger partial charge in [0.1, 0.15) is 30.2 Å². The lowest BCUT2D eigenvalue weighted by atomic mass is 9.80. The highest BCUT2D eigenvalue weighted by Crippen LogP contribution is 2.41. The zero-order valence-corrected chi connectivity index (χ0v) is 36.5. The summed E-state index contributed by atoms with van der Waals surface area (Å²) in [6.45, 7) is 13.7. The highest BCUT2D eigenvalue weighted by Gasteiger charge is 2.38. The summed E-state index contributed by atoms with van der Waals surface area (Å²) < 4.78 is 27.6. The third-order valence-electron chi connectivity index (χ3n) is 13.1. The minimum absolute atomic E-state index is 0.0734. The second-order valence-electron chi connectivity index (χ2n) is 17.1. The monoisotopic (exact) mass is 855 g/mol. The lowest BCUT2D eigenvalue weighted by Gasteiger charge is -2.41. The van der Waals surface area contributed by atoms with E-state index in [4.69, 9.17) is 26.0 Å². The van der Waals surface area contributed by atoms with Crippen molar-refractivity contribution in [2.24, 2.45) is 0 Å². The average Bonchev–Trinajstić information content (AvgIpc) is 3.66. The molecule has 0 radical (unpaired) electrons. The zero-order chi connectivity index (χ0) is 44.0. The van der Waals surface area contributed by atoms with Gasteiger partial charge in [0.2, 0.25) is 12.5 Å². The van der Waals surface area contributed by atoms with Crippen molar-refractivity contribution < 1.29 is 18.7 Å². The fraction of sp³-hybridized carbons (Fsp3) is 0.321. The van der Waals surface area contributed by atoms with E-state index in [1.165, 1.54) is 22.0 Å². The molecule has 3 atom stereocenters. The van der Waals surface area contributed by atoms with E-state index < -0.39 is 11.8 Å². The summed E-state index contributed by atoms with van der Waals surface area (Å²) in [6.07, 6.45) is 3.61. The Balaban J connectivity index is 0.957. The summed E-state index contributed by atoms with van der Waals surface area (Å²) in [6, 6.07) is 43.2. The molecule has 326 valence electrons. The van der Waals surface area contributed by atoms with Crippen LogP contribution in [0, 0.1) is 13.5 Å². The number of likely N-dealkylation sites (N-methyl/N-ethyl adjacent to an activating group) is 1. The molecular weight excluding hydrogens is 802 g/mol. The Kier molecular flexibility index (Phi) is 12.7. The van der Waals surface area contributed by atoms with Gasteiger partial charge in [-0.2, -0.15) is 9.97 Å². The van der Waals surface area contributed by atoms with Crippen LogP contribution in [0.2, 0.25) is 0 Å². The number of hydrogen-bond donors (Lipinski definition) is 0. The predicted octanol–water partition coefficient (Wildman–Crippen LogP) is 8.42. The van der Waals surface area contributed by atoms with E-state index in [0.717, 1.165) is 40.3 Å². The highest BCUT2D eigenvalue weighted by atomic mass is 19.1. The number of piperazine rings is 1. The van der Waals surface area contributed by atoms with Crippen molar-refractivity contribution in [3.63, 3.8) is 0 Å². The maximum absolute atomic E-state index is 14.3. The van der Waals surface area contributed by atoms with Crippen molar-refractivity contribution >= 4 is 28.2 Å². The van der Waals surface area contributed by atoms with Crippen LogP contribution < -0.4 is 14.5 Å². The van der Waals surface area contributed by atoms with E-state index in [-0.39, 0.29) is 43.8 Å². The van der Waals surface area contributed by atoms with Gasteiger partial charge >= 0.3 is 6.01 Å². The summed E-state index contributed by atoms with van der Waals surface area (Å²) in [5, 5.41) is 2.43. The second kappa shape index (κ2) is 19.0. The molecule has 0 unspecified atom stereocenters. The van der Waals surface area contributed by atoms with Crippen molar-refractivity contribution in [3.05, 3.63) is 184 Å². The number of anilines is 2. The van der Waals surface area contributed by atoms with E-state index in [1.54, 1.807) is 12.2 Å². The fourth-order valence-corrected chi connectivity index (χ4v) is 9.85. The molecule has 0 saturated carbocycles. The fourth-order valence-electron chi connectivity index (χ4n) is 9.85. The van der Waals surface area contributed by atoms with Gasteiger partial charge in [0.15, 0.2) is 0 Å². The van der Waals surface area contributed by atoms with Crippen LogP contribution in [-0.2, 0) is 28.1 Å². The molecule has 1 amide bonds. The topological polar surface area (TPSA) is 78.6 Å². The highest BCUT2D eigenvalue weighted by molar-refractivity contribution is 5.97. The molecule has 0 bridgehead atoms. The van der Waals surface area contributed by atoms with Gasteiger partial charge in [0, 0.05) is 61.5 Å². The predicted molar refractivity (Wildman–Crippen MR) is 250 cm³/mol. The Bertz CT molecular complexity index is 2540. The van der Waals surface area contributed by atoms with Gasteiger partial charge in [-0.15, -0.1) is 0 Å². The molecule has 4 heterocycles. The maximum Gasteiger partial charge on any atom is 0.318 e. The van der Waals surface area contributed by atoms with Crippen molar-refractivity contribution in [1.29, 1.82) is 0 Å². The first-order valence-electron chi connectivity index (χ1n) is 22.3. The Morgan fingerprint density at radius 3 is 2.14 bits per heavy atom. The van der Waals surface area contributed by atoms with E-state index in [0.29, 0.717) is 45.6 Å². The number of fused-ring (bicyclic) bond motifs is 2. The summed E-state index contributed by atoms with van der Waals surface area (Å²) >= 11 is 0. The summed E-state index contributed by atoms with van der Waals surface area (Å²) in [5.41, 5.74) is 6.37. The van der Waals surface area contributed by atoms with E-state index in [2.05, 4.69) is 94.4 Å². The number of rotatable bonds is 13. The summed E-state index contributed by atoms with van der Waals surface area (Å²) in [5.74, 6) is 0.616. The van der Waals surface area contributed by atoms with Crippen LogP contribution in [0.1, 0.15) is 39.9 Å². The Labute approximate surface area is 375 Å². The number of benzene rings is 5. The van der Waals surface area contributed by atoms with Crippen LogP contribution in [0.4, 0.5) is 15.9 Å². The van der Waals surface area contributed by atoms with Crippen LogP contribution in [0.25, 0.3) is 15.6 Å². The first-order chi connectivity index (χ1) is 31.3. The average molecular weight is 856 g/mol. The number of aryl methyl sites for hydroxylation is 1. The third-order valence-corrected chi connectivity index (χ3v) is 13.1. The number of carbonyl (C=O) groups excluding carboxylic acids is 1. The minimum Gasteiger partial charge on any atom is -0.462 e. The van der Waals surface area contributed by atoms with Gasteiger partial charge in [0.25, 0.3) is 0 Å². The van der Waals surface area contributed by atoms with Crippen molar-refractivity contribution in [2.75, 3.05) is 69.3 Å². The molecular formula is C53H54FN7O3. The summed E-state index contributed by atoms with van der Waals surface area (Å²) in [7, 11) is 1.92. The molecule has 3 aliphatic rings. The standard InChI is InChI=1S/C53H54FN7O3/c1-38-16-13-17-39-18-14-25-48(50(38)39)59-28-27-46-47(36-59)56-52(63-37-44-32-43(54)34-58(44)3)57-51(46)60-29-30-61(45(35-60)33-55-2)49(62)26-15-31-64-53(40-19-7-4-8-20-40,41-21-9-5-10-22-41)42-23-11-6-12-24-42/h4-26,43-45H,27-37H2,1,3H3/b26-15+/t43-,44-,45+/m1/s1. The van der Waals surface area contributed by atoms with Gasteiger partial charge in [-0.05, 0) is 60.5 Å². The van der Waals surface area contributed by atoms with Crippen LogP contribution in [0.3, 0.4) is 0 Å². The normalized spacial score (nSPS) is 19.2.